The molecule has 0 aliphatic carbocycles. The number of amides is 1. The second-order valence-corrected chi connectivity index (χ2v) is 5.44. The van der Waals surface area contributed by atoms with Crippen LogP contribution in [-0.4, -0.2) is 42.0 Å². The molecule has 26 heavy (non-hydrogen) atoms. The molecule has 0 bridgehead atoms. The zero-order chi connectivity index (χ0) is 18.1. The van der Waals surface area contributed by atoms with Crippen LogP contribution >= 0.6 is 12.4 Å². The van der Waals surface area contributed by atoms with E-state index in [1.54, 1.807) is 4.90 Å². The van der Waals surface area contributed by atoms with Crippen molar-refractivity contribution in [2.45, 2.75) is 6.42 Å². The smallest absolute Gasteiger partial charge is 0.269 e. The van der Waals surface area contributed by atoms with E-state index in [0.717, 1.165) is 12.0 Å². The molecule has 140 valence electrons. The minimum absolute atomic E-state index is 0. The number of carbonyl (C=O) groups excluding carboxylic acids is 1. The predicted molar refractivity (Wildman–Crippen MR) is 102 cm³/mol. The zero-order valence-electron chi connectivity index (χ0n) is 14.2. The van der Waals surface area contributed by atoms with E-state index < -0.39 is 4.92 Å². The molecule has 0 spiro atoms. The van der Waals surface area contributed by atoms with Crippen molar-refractivity contribution in [1.82, 2.24) is 4.90 Å². The maximum atomic E-state index is 12.3. The average molecular weight is 380 g/mol. The fourth-order valence-electron chi connectivity index (χ4n) is 2.33. The Kier molecular flexibility index (Phi) is 9.11. The van der Waals surface area contributed by atoms with Gasteiger partial charge in [-0.05, 0) is 24.1 Å². The largest absolute Gasteiger partial charge is 0.484 e. The molecule has 2 rings (SSSR count). The van der Waals surface area contributed by atoms with E-state index in [0.29, 0.717) is 25.4 Å². The third kappa shape index (κ3) is 6.70. The summed E-state index contributed by atoms with van der Waals surface area (Å²) < 4.78 is 5.43. The molecule has 0 fully saturated rings. The second kappa shape index (κ2) is 11.1. The van der Waals surface area contributed by atoms with Gasteiger partial charge in [-0.15, -0.1) is 12.4 Å². The first-order chi connectivity index (χ1) is 12.1. The summed E-state index contributed by atoms with van der Waals surface area (Å²) in [6.07, 6.45) is 0.740. The first-order valence-corrected chi connectivity index (χ1v) is 7.99. The number of nitrogens with zero attached hydrogens (tertiary/aromatic N) is 2. The minimum Gasteiger partial charge on any atom is -0.484 e. The molecule has 0 saturated heterocycles. The van der Waals surface area contributed by atoms with E-state index >= 15 is 0 Å². The van der Waals surface area contributed by atoms with Crippen LogP contribution in [0.2, 0.25) is 0 Å². The number of carbonyl (C=O) groups is 1. The molecular weight excluding hydrogens is 358 g/mol. The van der Waals surface area contributed by atoms with Gasteiger partial charge >= 0.3 is 0 Å². The number of benzene rings is 2. The Morgan fingerprint density at radius 2 is 1.73 bits per heavy atom. The van der Waals surface area contributed by atoms with Crippen LogP contribution < -0.4 is 10.5 Å². The maximum Gasteiger partial charge on any atom is 0.269 e. The van der Waals surface area contributed by atoms with Crippen LogP contribution in [0.3, 0.4) is 0 Å². The van der Waals surface area contributed by atoms with Crippen LogP contribution in [0.4, 0.5) is 5.69 Å². The summed E-state index contributed by atoms with van der Waals surface area (Å²) in [5, 5.41) is 10.6. The first-order valence-electron chi connectivity index (χ1n) is 7.99. The third-order valence-electron chi connectivity index (χ3n) is 3.67. The van der Waals surface area contributed by atoms with Crippen molar-refractivity contribution >= 4 is 24.0 Å². The number of nitro groups is 1. The van der Waals surface area contributed by atoms with Gasteiger partial charge in [0.25, 0.3) is 11.6 Å². The Hall–Kier alpha value is -2.64. The van der Waals surface area contributed by atoms with Gasteiger partial charge in [0.15, 0.2) is 6.61 Å². The number of non-ortho nitro benzene ring substituents is 1. The molecule has 7 nitrogen and oxygen atoms in total. The van der Waals surface area contributed by atoms with Crippen molar-refractivity contribution in [2.75, 3.05) is 26.2 Å². The number of nitro benzene ring substituents is 1. The molecule has 8 heteroatoms. The summed E-state index contributed by atoms with van der Waals surface area (Å²) in [6.45, 7) is 1.25. The average Bonchev–Trinajstić information content (AvgIpc) is 2.64. The molecule has 2 N–H and O–H groups in total. The summed E-state index contributed by atoms with van der Waals surface area (Å²) in [4.78, 5) is 24.1. The van der Waals surface area contributed by atoms with Crippen LogP contribution in [0.1, 0.15) is 5.56 Å². The van der Waals surface area contributed by atoms with Gasteiger partial charge in [0, 0.05) is 31.8 Å². The normalized spacial score (nSPS) is 9.88. The Labute approximate surface area is 158 Å². The Bertz CT molecular complexity index is 695. The Morgan fingerprint density at radius 3 is 2.31 bits per heavy atom. The summed E-state index contributed by atoms with van der Waals surface area (Å²) in [5.74, 6) is 0.245. The molecular formula is C18H22ClN3O4. The molecule has 0 radical (unpaired) electrons. The highest BCUT2D eigenvalue weighted by molar-refractivity contribution is 5.85. The lowest BCUT2D eigenvalue weighted by atomic mass is 10.1. The molecule has 0 aromatic heterocycles. The lowest BCUT2D eigenvalue weighted by molar-refractivity contribution is -0.384. The molecule has 2 aromatic carbocycles. The highest BCUT2D eigenvalue weighted by atomic mass is 35.5. The molecule has 0 atom stereocenters. The Balaban J connectivity index is 0.00000338. The van der Waals surface area contributed by atoms with Gasteiger partial charge in [-0.3, -0.25) is 14.9 Å². The van der Waals surface area contributed by atoms with Crippen molar-refractivity contribution in [3.8, 4) is 5.75 Å². The van der Waals surface area contributed by atoms with E-state index in [1.807, 2.05) is 30.3 Å². The highest BCUT2D eigenvalue weighted by Crippen LogP contribution is 2.17. The van der Waals surface area contributed by atoms with Crippen LogP contribution in [0.25, 0.3) is 0 Å². The number of rotatable bonds is 9. The molecule has 0 heterocycles. The van der Waals surface area contributed by atoms with Crippen molar-refractivity contribution in [3.05, 3.63) is 70.3 Å². The van der Waals surface area contributed by atoms with Gasteiger partial charge in [0.05, 0.1) is 4.92 Å². The molecule has 1 amide bonds. The number of ether oxygens (including phenoxy) is 1. The van der Waals surface area contributed by atoms with Crippen molar-refractivity contribution < 1.29 is 14.5 Å². The predicted octanol–water partition coefficient (Wildman–Crippen LogP) is 2.43. The zero-order valence-corrected chi connectivity index (χ0v) is 15.1. The first kappa shape index (κ1) is 21.4. The fraction of sp³-hybridized carbons (Fsp3) is 0.278. The summed E-state index contributed by atoms with van der Waals surface area (Å²) in [5.41, 5.74) is 6.71. The molecule has 0 unspecified atom stereocenters. The molecule has 0 aliphatic rings. The van der Waals surface area contributed by atoms with Crippen molar-refractivity contribution in [3.63, 3.8) is 0 Å². The lowest BCUT2D eigenvalue weighted by Gasteiger charge is -2.22. The van der Waals surface area contributed by atoms with Gasteiger partial charge < -0.3 is 15.4 Å². The summed E-state index contributed by atoms with van der Waals surface area (Å²) in [7, 11) is 0. The van der Waals surface area contributed by atoms with E-state index in [1.165, 1.54) is 24.3 Å². The quantitative estimate of drug-likeness (QED) is 0.533. The van der Waals surface area contributed by atoms with Gasteiger partial charge in [-0.2, -0.15) is 0 Å². The van der Waals surface area contributed by atoms with Gasteiger partial charge in [0.1, 0.15) is 5.75 Å². The molecule has 2 aromatic rings. The summed E-state index contributed by atoms with van der Waals surface area (Å²) >= 11 is 0. The topological polar surface area (TPSA) is 98.7 Å². The van der Waals surface area contributed by atoms with Crippen LogP contribution in [0, 0.1) is 10.1 Å². The van der Waals surface area contributed by atoms with Crippen LogP contribution in [0.5, 0.6) is 5.75 Å². The third-order valence-corrected chi connectivity index (χ3v) is 3.67. The second-order valence-electron chi connectivity index (χ2n) is 5.44. The van der Waals surface area contributed by atoms with E-state index in [-0.39, 0.29) is 30.6 Å². The van der Waals surface area contributed by atoms with E-state index in [4.69, 9.17) is 10.5 Å². The highest BCUT2D eigenvalue weighted by Gasteiger charge is 2.14. The van der Waals surface area contributed by atoms with Crippen LogP contribution in [0.15, 0.2) is 54.6 Å². The molecule has 0 aliphatic heterocycles. The number of hydrogen-bond acceptors (Lipinski definition) is 5. The SMILES string of the molecule is Cl.NCCN(CCc1ccccc1)C(=O)COc1ccc([N+](=O)[O-])cc1. The summed E-state index contributed by atoms with van der Waals surface area (Å²) in [6, 6.07) is 15.5. The van der Waals surface area contributed by atoms with E-state index in [2.05, 4.69) is 0 Å². The monoisotopic (exact) mass is 379 g/mol. The van der Waals surface area contributed by atoms with Crippen molar-refractivity contribution in [1.29, 1.82) is 0 Å². The lowest BCUT2D eigenvalue weighted by Crippen LogP contribution is -2.39. The van der Waals surface area contributed by atoms with Gasteiger partial charge in [0.2, 0.25) is 0 Å². The fourth-order valence-corrected chi connectivity index (χ4v) is 2.33. The van der Waals surface area contributed by atoms with E-state index in [9.17, 15) is 14.9 Å². The van der Waals surface area contributed by atoms with Gasteiger partial charge in [-0.1, -0.05) is 30.3 Å². The number of hydrogen-bond donors (Lipinski definition) is 1. The minimum atomic E-state index is -0.485. The number of nitrogens with two attached hydrogens (primary N) is 1. The van der Waals surface area contributed by atoms with Crippen molar-refractivity contribution in [2.24, 2.45) is 5.73 Å². The van der Waals surface area contributed by atoms with Gasteiger partial charge in [-0.25, -0.2) is 0 Å². The number of halogens is 1. The van der Waals surface area contributed by atoms with Crippen LogP contribution in [-0.2, 0) is 11.2 Å². The maximum absolute atomic E-state index is 12.3. The standard InChI is InChI=1S/C18H21N3O4.ClH/c19-11-13-20(12-10-15-4-2-1-3-5-15)18(22)14-25-17-8-6-16(7-9-17)21(23)24;/h1-9H,10-14,19H2;1H. The Morgan fingerprint density at radius 1 is 1.08 bits per heavy atom. The molecule has 0 saturated carbocycles.